The zero-order valence-corrected chi connectivity index (χ0v) is 16.3. The highest BCUT2D eigenvalue weighted by atomic mass is 32.2. The van der Waals surface area contributed by atoms with Crippen molar-refractivity contribution in [1.29, 1.82) is 0 Å². The third-order valence-corrected chi connectivity index (χ3v) is 5.83. The molecule has 0 heterocycles. The number of hydrogen-bond donors (Lipinski definition) is 2. The zero-order valence-electron chi connectivity index (χ0n) is 15.4. The predicted molar refractivity (Wildman–Crippen MR) is 97.2 cm³/mol. The van der Waals surface area contributed by atoms with Crippen molar-refractivity contribution in [3.63, 3.8) is 0 Å². The molecular weight excluding hydrogens is 367 g/mol. The maximum Gasteiger partial charge on any atom is 0.390 e. The number of sulfone groups is 1. The number of guanidine groups is 1. The summed E-state index contributed by atoms with van der Waals surface area (Å²) in [5.74, 6) is -0.0252. The molecule has 0 aliphatic heterocycles. The van der Waals surface area contributed by atoms with Crippen molar-refractivity contribution in [1.82, 2.24) is 10.6 Å². The Morgan fingerprint density at radius 1 is 1.23 bits per heavy atom. The SMILES string of the molecule is CCC(CS(=O)(=O)c1ccc(C)c(C)c1)NC(=NC)NCCC(F)(F)F. The third kappa shape index (κ3) is 7.23. The highest BCUT2D eigenvalue weighted by molar-refractivity contribution is 7.91. The average Bonchev–Trinajstić information content (AvgIpc) is 2.54. The zero-order chi connectivity index (χ0) is 20.0. The van der Waals surface area contributed by atoms with E-state index in [1.54, 1.807) is 25.1 Å². The maximum atomic E-state index is 12.6. The summed E-state index contributed by atoms with van der Waals surface area (Å²) in [5.41, 5.74) is 1.89. The summed E-state index contributed by atoms with van der Waals surface area (Å²) in [6.45, 7) is 5.22. The van der Waals surface area contributed by atoms with Gasteiger partial charge in [0.2, 0.25) is 0 Å². The molecule has 0 amide bonds. The first kappa shape index (κ1) is 22.3. The monoisotopic (exact) mass is 393 g/mol. The number of rotatable bonds is 7. The van der Waals surface area contributed by atoms with Gasteiger partial charge >= 0.3 is 6.18 Å². The Morgan fingerprint density at radius 2 is 1.88 bits per heavy atom. The number of halogens is 3. The number of alkyl halides is 3. The molecule has 0 bridgehead atoms. The Bertz CT molecular complexity index is 731. The highest BCUT2D eigenvalue weighted by Gasteiger charge is 2.27. The summed E-state index contributed by atoms with van der Waals surface area (Å²) in [7, 11) is -2.11. The van der Waals surface area contributed by atoms with Crippen molar-refractivity contribution in [2.24, 2.45) is 4.99 Å². The van der Waals surface area contributed by atoms with Crippen LogP contribution in [0.15, 0.2) is 28.1 Å². The summed E-state index contributed by atoms with van der Waals surface area (Å²) < 4.78 is 62.0. The van der Waals surface area contributed by atoms with E-state index in [4.69, 9.17) is 0 Å². The van der Waals surface area contributed by atoms with E-state index in [1.807, 2.05) is 13.8 Å². The molecule has 1 aromatic carbocycles. The molecule has 148 valence electrons. The van der Waals surface area contributed by atoms with Crippen molar-refractivity contribution in [3.05, 3.63) is 29.3 Å². The van der Waals surface area contributed by atoms with Gasteiger partial charge in [-0.1, -0.05) is 13.0 Å². The van der Waals surface area contributed by atoms with Crippen molar-refractivity contribution < 1.29 is 21.6 Å². The van der Waals surface area contributed by atoms with Crippen LogP contribution in [0, 0.1) is 13.8 Å². The van der Waals surface area contributed by atoms with Crippen LogP contribution < -0.4 is 10.6 Å². The number of hydrogen-bond acceptors (Lipinski definition) is 3. The van der Waals surface area contributed by atoms with Gasteiger partial charge in [-0.25, -0.2) is 8.42 Å². The van der Waals surface area contributed by atoms with E-state index in [-0.39, 0.29) is 23.2 Å². The van der Waals surface area contributed by atoms with Crippen molar-refractivity contribution >= 4 is 15.8 Å². The number of nitrogens with one attached hydrogen (secondary N) is 2. The lowest BCUT2D eigenvalue weighted by atomic mass is 10.1. The van der Waals surface area contributed by atoms with Gasteiger partial charge in [0.1, 0.15) is 0 Å². The number of benzene rings is 1. The molecular formula is C17H26F3N3O2S. The molecule has 2 N–H and O–H groups in total. The number of aryl methyl sites for hydroxylation is 2. The largest absolute Gasteiger partial charge is 0.390 e. The summed E-state index contributed by atoms with van der Waals surface area (Å²) in [6.07, 6.45) is -4.78. The maximum absolute atomic E-state index is 12.6. The Labute approximate surface area is 153 Å². The molecule has 0 aliphatic carbocycles. The minimum atomic E-state index is -4.26. The molecule has 0 spiro atoms. The minimum Gasteiger partial charge on any atom is -0.356 e. The second-order valence-corrected chi connectivity index (χ2v) is 8.18. The molecule has 9 heteroatoms. The van der Waals surface area contributed by atoms with Gasteiger partial charge in [0.05, 0.1) is 17.1 Å². The van der Waals surface area contributed by atoms with Gasteiger partial charge < -0.3 is 10.6 Å². The molecule has 0 radical (unpaired) electrons. The minimum absolute atomic E-state index is 0.149. The smallest absolute Gasteiger partial charge is 0.356 e. The van der Waals surface area contributed by atoms with Crippen LogP contribution in [0.1, 0.15) is 30.9 Å². The van der Waals surface area contributed by atoms with Crippen LogP contribution in [0.4, 0.5) is 13.2 Å². The molecule has 1 unspecified atom stereocenters. The van der Waals surface area contributed by atoms with Crippen LogP contribution >= 0.6 is 0 Å². The van der Waals surface area contributed by atoms with Gasteiger partial charge in [0.25, 0.3) is 0 Å². The van der Waals surface area contributed by atoms with E-state index >= 15 is 0 Å². The van der Waals surface area contributed by atoms with Crippen LogP contribution in [0.5, 0.6) is 0 Å². The topological polar surface area (TPSA) is 70.6 Å². The molecule has 5 nitrogen and oxygen atoms in total. The Balaban J connectivity index is 2.76. The van der Waals surface area contributed by atoms with Gasteiger partial charge in [-0.05, 0) is 43.5 Å². The average molecular weight is 393 g/mol. The van der Waals surface area contributed by atoms with E-state index in [1.165, 1.54) is 7.05 Å². The Hall–Kier alpha value is -1.77. The molecule has 1 rings (SSSR count). The molecule has 0 aliphatic rings. The first-order valence-electron chi connectivity index (χ1n) is 8.32. The fourth-order valence-corrected chi connectivity index (χ4v) is 3.91. The molecule has 1 aromatic rings. The first-order chi connectivity index (χ1) is 12.0. The van der Waals surface area contributed by atoms with Gasteiger partial charge in [0.15, 0.2) is 15.8 Å². The van der Waals surface area contributed by atoms with Crippen LogP contribution in [-0.4, -0.2) is 45.9 Å². The van der Waals surface area contributed by atoms with Crippen molar-refractivity contribution in [2.45, 2.75) is 50.7 Å². The van der Waals surface area contributed by atoms with Crippen LogP contribution in [0.25, 0.3) is 0 Å². The summed E-state index contributed by atoms with van der Waals surface area (Å²) in [5, 5.41) is 5.44. The van der Waals surface area contributed by atoms with Crippen molar-refractivity contribution in [3.8, 4) is 0 Å². The normalized spacial score (nSPS) is 14.2. The quantitative estimate of drug-likeness (QED) is 0.552. The second kappa shape index (κ2) is 9.25. The van der Waals surface area contributed by atoms with E-state index in [9.17, 15) is 21.6 Å². The van der Waals surface area contributed by atoms with Crippen LogP contribution in [-0.2, 0) is 9.84 Å². The van der Waals surface area contributed by atoms with Crippen LogP contribution in [0.3, 0.4) is 0 Å². The standard InChI is InChI=1S/C17H26F3N3O2S/c1-5-14(23-16(21-4)22-9-8-17(18,19)20)11-26(24,25)15-7-6-12(2)13(3)10-15/h6-7,10,14H,5,8-9,11H2,1-4H3,(H2,21,22,23). The lowest BCUT2D eigenvalue weighted by Crippen LogP contribution is -2.46. The summed E-state index contributed by atoms with van der Waals surface area (Å²) in [6, 6.07) is 4.49. The third-order valence-electron chi connectivity index (χ3n) is 4.02. The Morgan fingerprint density at radius 3 is 2.38 bits per heavy atom. The lowest BCUT2D eigenvalue weighted by Gasteiger charge is -2.21. The van der Waals surface area contributed by atoms with E-state index in [0.717, 1.165) is 11.1 Å². The highest BCUT2D eigenvalue weighted by Crippen LogP contribution is 2.18. The first-order valence-corrected chi connectivity index (χ1v) is 9.97. The van der Waals surface area contributed by atoms with E-state index in [0.29, 0.717) is 6.42 Å². The molecule has 0 saturated heterocycles. The molecule has 26 heavy (non-hydrogen) atoms. The van der Waals surface area contributed by atoms with Gasteiger partial charge in [-0.2, -0.15) is 13.2 Å². The summed E-state index contributed by atoms with van der Waals surface area (Å²) >= 11 is 0. The van der Waals surface area contributed by atoms with Gasteiger partial charge in [-0.15, -0.1) is 0 Å². The van der Waals surface area contributed by atoms with E-state index < -0.39 is 28.5 Å². The van der Waals surface area contributed by atoms with E-state index in [2.05, 4.69) is 15.6 Å². The lowest BCUT2D eigenvalue weighted by molar-refractivity contribution is -0.132. The van der Waals surface area contributed by atoms with Gasteiger partial charge in [0, 0.05) is 19.6 Å². The molecule has 0 aromatic heterocycles. The summed E-state index contributed by atoms with van der Waals surface area (Å²) in [4.78, 5) is 4.09. The fourth-order valence-electron chi connectivity index (χ4n) is 2.24. The number of aliphatic imine (C=N–C) groups is 1. The van der Waals surface area contributed by atoms with Gasteiger partial charge in [-0.3, -0.25) is 4.99 Å². The number of nitrogens with zero attached hydrogens (tertiary/aromatic N) is 1. The molecule has 1 atom stereocenters. The predicted octanol–water partition coefficient (Wildman–Crippen LogP) is 2.97. The van der Waals surface area contributed by atoms with Crippen molar-refractivity contribution in [2.75, 3.05) is 19.3 Å². The Kier molecular flexibility index (Phi) is 7.92. The molecule has 0 fully saturated rings. The fraction of sp³-hybridized carbons (Fsp3) is 0.588. The second-order valence-electron chi connectivity index (χ2n) is 6.14. The molecule has 0 saturated carbocycles. The van der Waals surface area contributed by atoms with Crippen LogP contribution in [0.2, 0.25) is 0 Å².